The summed E-state index contributed by atoms with van der Waals surface area (Å²) in [5.74, 6) is -0.909. The minimum Gasteiger partial charge on any atom is -0.481 e. The molecule has 1 atom stereocenters. The van der Waals surface area contributed by atoms with E-state index in [0.29, 0.717) is 0 Å². The minimum absolute atomic E-state index is 0.0477. The van der Waals surface area contributed by atoms with Gasteiger partial charge in [0.2, 0.25) is 0 Å². The minimum atomic E-state index is -0.909. The topological polar surface area (TPSA) is 81.7 Å². The second-order valence-corrected chi connectivity index (χ2v) is 3.68. The standard InChI is InChI=1S/C9H17N3O3/c1-12-6-2-3-7(12)11-9(15)10-5-4-8(13)14/h7H,2-6H2,1H3,(H,13,14)(H2,10,11,15). The van der Waals surface area contributed by atoms with E-state index in [0.717, 1.165) is 19.4 Å². The first-order valence-corrected chi connectivity index (χ1v) is 5.06. The molecule has 1 rings (SSSR count). The predicted molar refractivity (Wildman–Crippen MR) is 54.4 cm³/mol. The average Bonchev–Trinajstić information content (AvgIpc) is 2.51. The molecule has 1 heterocycles. The second-order valence-electron chi connectivity index (χ2n) is 3.68. The fourth-order valence-corrected chi connectivity index (χ4v) is 1.58. The Morgan fingerprint density at radius 2 is 2.27 bits per heavy atom. The van der Waals surface area contributed by atoms with E-state index in [9.17, 15) is 9.59 Å². The van der Waals surface area contributed by atoms with Gasteiger partial charge in [0.25, 0.3) is 0 Å². The van der Waals surface area contributed by atoms with Gasteiger partial charge in [0.05, 0.1) is 12.6 Å². The molecule has 6 nitrogen and oxygen atoms in total. The number of carbonyl (C=O) groups is 2. The number of nitrogens with one attached hydrogen (secondary N) is 2. The van der Waals surface area contributed by atoms with Crippen LogP contribution in [-0.2, 0) is 4.79 Å². The van der Waals surface area contributed by atoms with Gasteiger partial charge in [-0.25, -0.2) is 4.79 Å². The van der Waals surface area contributed by atoms with Gasteiger partial charge in [-0.05, 0) is 26.4 Å². The smallest absolute Gasteiger partial charge is 0.316 e. The van der Waals surface area contributed by atoms with Crippen molar-refractivity contribution in [3.05, 3.63) is 0 Å². The lowest BCUT2D eigenvalue weighted by Gasteiger charge is -2.20. The maximum absolute atomic E-state index is 11.3. The van der Waals surface area contributed by atoms with Crippen molar-refractivity contribution in [1.82, 2.24) is 15.5 Å². The highest BCUT2D eigenvalue weighted by Crippen LogP contribution is 2.11. The van der Waals surface area contributed by atoms with E-state index in [-0.39, 0.29) is 25.2 Å². The summed E-state index contributed by atoms with van der Waals surface area (Å²) < 4.78 is 0. The van der Waals surface area contributed by atoms with Crippen molar-refractivity contribution in [3.63, 3.8) is 0 Å². The van der Waals surface area contributed by atoms with Crippen molar-refractivity contribution in [2.24, 2.45) is 0 Å². The Morgan fingerprint density at radius 1 is 1.53 bits per heavy atom. The number of hydrogen-bond acceptors (Lipinski definition) is 3. The third-order valence-electron chi connectivity index (χ3n) is 2.44. The number of carbonyl (C=O) groups excluding carboxylic acids is 1. The lowest BCUT2D eigenvalue weighted by molar-refractivity contribution is -0.136. The number of amides is 2. The maximum Gasteiger partial charge on any atom is 0.316 e. The van der Waals surface area contributed by atoms with Gasteiger partial charge in [0.15, 0.2) is 0 Å². The molecule has 1 fully saturated rings. The third-order valence-corrected chi connectivity index (χ3v) is 2.44. The quantitative estimate of drug-likeness (QED) is 0.607. The van der Waals surface area contributed by atoms with Gasteiger partial charge < -0.3 is 15.7 Å². The Bertz CT molecular complexity index is 245. The van der Waals surface area contributed by atoms with Gasteiger partial charge in [-0.2, -0.15) is 0 Å². The number of aliphatic carboxylic acids is 1. The molecule has 0 saturated carbocycles. The number of urea groups is 1. The van der Waals surface area contributed by atoms with Gasteiger partial charge >= 0.3 is 12.0 Å². The SMILES string of the molecule is CN1CCCC1NC(=O)NCCC(=O)O. The summed E-state index contributed by atoms with van der Waals surface area (Å²) in [6, 6.07) is -0.296. The van der Waals surface area contributed by atoms with Crippen LogP contribution < -0.4 is 10.6 Å². The van der Waals surface area contributed by atoms with Crippen molar-refractivity contribution in [2.45, 2.75) is 25.4 Å². The van der Waals surface area contributed by atoms with Crippen molar-refractivity contribution >= 4 is 12.0 Å². The maximum atomic E-state index is 11.3. The summed E-state index contributed by atoms with van der Waals surface area (Å²) in [6.07, 6.45) is 2.06. The average molecular weight is 215 g/mol. The van der Waals surface area contributed by atoms with E-state index >= 15 is 0 Å². The van der Waals surface area contributed by atoms with E-state index in [1.165, 1.54) is 0 Å². The van der Waals surface area contributed by atoms with E-state index in [2.05, 4.69) is 15.5 Å². The number of likely N-dealkylation sites (tertiary alicyclic amines) is 1. The van der Waals surface area contributed by atoms with Gasteiger partial charge in [0.1, 0.15) is 0 Å². The molecule has 2 amide bonds. The first-order chi connectivity index (χ1) is 7.09. The molecule has 0 radical (unpaired) electrons. The highest BCUT2D eigenvalue weighted by atomic mass is 16.4. The lowest BCUT2D eigenvalue weighted by Crippen LogP contribution is -2.47. The summed E-state index contributed by atoms with van der Waals surface area (Å²) in [5.41, 5.74) is 0. The van der Waals surface area contributed by atoms with Crippen LogP contribution in [0.25, 0.3) is 0 Å². The molecular weight excluding hydrogens is 198 g/mol. The first kappa shape index (κ1) is 11.8. The number of carboxylic acids is 1. The summed E-state index contributed by atoms with van der Waals surface area (Å²) in [4.78, 5) is 23.5. The van der Waals surface area contributed by atoms with Crippen molar-refractivity contribution in [2.75, 3.05) is 20.1 Å². The van der Waals surface area contributed by atoms with Gasteiger partial charge in [-0.15, -0.1) is 0 Å². The van der Waals surface area contributed by atoms with E-state index < -0.39 is 5.97 Å². The molecule has 6 heteroatoms. The summed E-state index contributed by atoms with van der Waals surface area (Å²) in [7, 11) is 1.95. The Kier molecular flexibility index (Phi) is 4.36. The van der Waals surface area contributed by atoms with Crippen LogP contribution in [-0.4, -0.2) is 48.3 Å². The fourth-order valence-electron chi connectivity index (χ4n) is 1.58. The van der Waals surface area contributed by atoms with Gasteiger partial charge in [-0.3, -0.25) is 9.69 Å². The molecule has 0 aliphatic carbocycles. The van der Waals surface area contributed by atoms with Crippen LogP contribution in [0.2, 0.25) is 0 Å². The van der Waals surface area contributed by atoms with Crippen LogP contribution >= 0.6 is 0 Å². The Morgan fingerprint density at radius 3 is 2.80 bits per heavy atom. The van der Waals surface area contributed by atoms with Crippen molar-refractivity contribution in [3.8, 4) is 0 Å². The van der Waals surface area contributed by atoms with Crippen LogP contribution in [0.4, 0.5) is 4.79 Å². The number of rotatable bonds is 4. The van der Waals surface area contributed by atoms with Gasteiger partial charge in [0, 0.05) is 6.54 Å². The Balaban J connectivity index is 2.15. The van der Waals surface area contributed by atoms with E-state index in [1.54, 1.807) is 0 Å². The summed E-state index contributed by atoms with van der Waals surface area (Å²) >= 11 is 0. The molecule has 86 valence electrons. The highest BCUT2D eigenvalue weighted by molar-refractivity contribution is 5.75. The van der Waals surface area contributed by atoms with Crippen LogP contribution in [0.15, 0.2) is 0 Å². The molecule has 0 bridgehead atoms. The zero-order valence-electron chi connectivity index (χ0n) is 8.82. The summed E-state index contributed by atoms with van der Waals surface area (Å²) in [6.45, 7) is 1.15. The molecule has 0 aromatic carbocycles. The van der Waals surface area contributed by atoms with Crippen LogP contribution in [0, 0.1) is 0 Å². The lowest BCUT2D eigenvalue weighted by atomic mass is 10.3. The molecule has 3 N–H and O–H groups in total. The molecule has 1 unspecified atom stereocenters. The molecule has 1 aliphatic rings. The normalized spacial score (nSPS) is 21.3. The number of nitrogens with zero attached hydrogens (tertiary/aromatic N) is 1. The molecular formula is C9H17N3O3. The molecule has 1 aliphatic heterocycles. The fraction of sp³-hybridized carbons (Fsp3) is 0.778. The largest absolute Gasteiger partial charge is 0.481 e. The van der Waals surface area contributed by atoms with Crippen molar-refractivity contribution in [1.29, 1.82) is 0 Å². The number of carboxylic acid groups (broad SMARTS) is 1. The van der Waals surface area contributed by atoms with E-state index in [1.807, 2.05) is 7.05 Å². The van der Waals surface area contributed by atoms with Crippen LogP contribution in [0.3, 0.4) is 0 Å². The molecule has 0 aromatic rings. The first-order valence-electron chi connectivity index (χ1n) is 5.06. The predicted octanol–water partition coefficient (Wildman–Crippen LogP) is -0.188. The van der Waals surface area contributed by atoms with Crippen LogP contribution in [0.1, 0.15) is 19.3 Å². The number of hydrogen-bond donors (Lipinski definition) is 3. The molecule has 0 spiro atoms. The van der Waals surface area contributed by atoms with E-state index in [4.69, 9.17) is 5.11 Å². The highest BCUT2D eigenvalue weighted by Gasteiger charge is 2.21. The Hall–Kier alpha value is -1.30. The van der Waals surface area contributed by atoms with Gasteiger partial charge in [-0.1, -0.05) is 0 Å². The Labute approximate surface area is 88.6 Å². The molecule has 1 saturated heterocycles. The van der Waals surface area contributed by atoms with Crippen LogP contribution in [0.5, 0.6) is 0 Å². The zero-order chi connectivity index (χ0) is 11.3. The zero-order valence-corrected chi connectivity index (χ0v) is 8.82. The molecule has 0 aromatic heterocycles. The monoisotopic (exact) mass is 215 g/mol. The summed E-state index contributed by atoms with van der Waals surface area (Å²) in [5, 5.41) is 13.7. The second kappa shape index (κ2) is 5.55. The molecule has 15 heavy (non-hydrogen) atoms. The van der Waals surface area contributed by atoms with Crippen molar-refractivity contribution < 1.29 is 14.7 Å². The third kappa shape index (κ3) is 4.16.